The van der Waals surface area contributed by atoms with Gasteiger partial charge in [-0.3, -0.25) is 14.9 Å². The largest absolute Gasteiger partial charge is 0.488 e. The topological polar surface area (TPSA) is 113 Å². The average molecular weight is 563 g/mol. The van der Waals surface area contributed by atoms with E-state index in [1.54, 1.807) is 42.5 Å². The van der Waals surface area contributed by atoms with Gasteiger partial charge in [0.05, 0.1) is 15.7 Å². The van der Waals surface area contributed by atoms with Crippen LogP contribution in [-0.4, -0.2) is 28.9 Å². The summed E-state index contributed by atoms with van der Waals surface area (Å²) in [7, 11) is 0. The Morgan fingerprint density at radius 1 is 1.03 bits per heavy atom. The maximum Gasteiger partial charge on any atom is 0.335 e. The van der Waals surface area contributed by atoms with Crippen LogP contribution in [0.3, 0.4) is 0 Å². The normalized spacial score (nSPS) is 14.8. The van der Waals surface area contributed by atoms with E-state index >= 15 is 0 Å². The number of carbonyl (C=O) groups excluding carboxylic acids is 3. The van der Waals surface area contributed by atoms with Gasteiger partial charge in [0.25, 0.3) is 11.8 Å². The Balaban J connectivity index is 1.52. The summed E-state index contributed by atoms with van der Waals surface area (Å²) in [6, 6.07) is 17.7. The molecular formula is C28H23BrN2O6. The summed E-state index contributed by atoms with van der Waals surface area (Å²) in [5.74, 6) is -1.68. The highest BCUT2D eigenvalue weighted by molar-refractivity contribution is 9.10. The number of carboxylic acid groups (broad SMARTS) is 1. The smallest absolute Gasteiger partial charge is 0.335 e. The Bertz CT molecular complexity index is 1410. The Hall–Kier alpha value is -4.24. The highest BCUT2D eigenvalue weighted by Gasteiger charge is 2.36. The van der Waals surface area contributed by atoms with Crippen LogP contribution in [0.2, 0.25) is 0 Å². The molecule has 0 unspecified atom stereocenters. The zero-order chi connectivity index (χ0) is 26.7. The first-order valence-electron chi connectivity index (χ1n) is 11.4. The van der Waals surface area contributed by atoms with Crippen molar-refractivity contribution in [1.29, 1.82) is 0 Å². The standard InChI is InChI=1S/C28H23BrN2O6/c1-16(2)19-8-10-21(11-9-19)31-26(33)22(25(32)30-28(31)36)13-18-5-12-24(23(29)14-18)37-15-17-3-6-20(7-4-17)27(34)35/h3-14,16H,15H2,1-2H3,(H,34,35)(H,30,32,36)/b22-13+. The number of rotatable bonds is 7. The molecule has 0 saturated carbocycles. The van der Waals surface area contributed by atoms with E-state index in [2.05, 4.69) is 21.2 Å². The molecule has 1 saturated heterocycles. The monoisotopic (exact) mass is 562 g/mol. The van der Waals surface area contributed by atoms with Crippen LogP contribution in [-0.2, 0) is 16.2 Å². The van der Waals surface area contributed by atoms with Gasteiger partial charge in [0.1, 0.15) is 17.9 Å². The third-order valence-corrected chi connectivity index (χ3v) is 6.40. The van der Waals surface area contributed by atoms with Crippen LogP contribution in [0.15, 0.2) is 76.8 Å². The SMILES string of the molecule is CC(C)c1ccc(N2C(=O)NC(=O)/C(=C\c3ccc(OCc4ccc(C(=O)O)cc4)c(Br)c3)C2=O)cc1. The van der Waals surface area contributed by atoms with E-state index in [0.29, 0.717) is 27.4 Å². The maximum absolute atomic E-state index is 13.2. The average Bonchev–Trinajstić information content (AvgIpc) is 2.86. The molecule has 0 atom stereocenters. The van der Waals surface area contributed by atoms with Gasteiger partial charge < -0.3 is 9.84 Å². The van der Waals surface area contributed by atoms with Gasteiger partial charge in [0.2, 0.25) is 0 Å². The van der Waals surface area contributed by atoms with Crippen molar-refractivity contribution in [2.24, 2.45) is 0 Å². The lowest BCUT2D eigenvalue weighted by Gasteiger charge is -2.26. The number of hydrogen-bond donors (Lipinski definition) is 2. The van der Waals surface area contributed by atoms with Crippen LogP contribution in [0, 0.1) is 0 Å². The second-order valence-corrected chi connectivity index (χ2v) is 9.54. The molecule has 1 heterocycles. The van der Waals surface area contributed by atoms with Gasteiger partial charge in [0.15, 0.2) is 0 Å². The molecule has 4 rings (SSSR count). The zero-order valence-corrected chi connectivity index (χ0v) is 21.6. The number of anilines is 1. The van der Waals surface area contributed by atoms with Crippen molar-refractivity contribution in [1.82, 2.24) is 5.32 Å². The van der Waals surface area contributed by atoms with Gasteiger partial charge in [-0.15, -0.1) is 0 Å². The van der Waals surface area contributed by atoms with Gasteiger partial charge in [-0.05, 0) is 81.0 Å². The first kappa shape index (κ1) is 25.8. The second kappa shape index (κ2) is 10.8. The Morgan fingerprint density at radius 2 is 1.70 bits per heavy atom. The molecule has 0 aliphatic carbocycles. The number of barbiturate groups is 1. The summed E-state index contributed by atoms with van der Waals surface area (Å²) < 4.78 is 6.40. The molecule has 37 heavy (non-hydrogen) atoms. The first-order chi connectivity index (χ1) is 17.6. The van der Waals surface area contributed by atoms with E-state index in [4.69, 9.17) is 9.84 Å². The van der Waals surface area contributed by atoms with E-state index in [1.807, 2.05) is 26.0 Å². The molecule has 0 aromatic heterocycles. The highest BCUT2D eigenvalue weighted by Crippen LogP contribution is 2.29. The van der Waals surface area contributed by atoms with Crippen molar-refractivity contribution >= 4 is 51.5 Å². The minimum absolute atomic E-state index is 0.174. The molecule has 1 aliphatic rings. The third kappa shape index (κ3) is 5.78. The van der Waals surface area contributed by atoms with Crippen LogP contribution >= 0.6 is 15.9 Å². The van der Waals surface area contributed by atoms with Crippen LogP contribution in [0.25, 0.3) is 6.08 Å². The predicted molar refractivity (Wildman–Crippen MR) is 141 cm³/mol. The fourth-order valence-corrected chi connectivity index (χ4v) is 4.21. The predicted octanol–water partition coefficient (Wildman–Crippen LogP) is 5.52. The molecule has 1 fully saturated rings. The number of nitrogens with zero attached hydrogens (tertiary/aromatic N) is 1. The first-order valence-corrected chi connectivity index (χ1v) is 12.2. The van der Waals surface area contributed by atoms with Gasteiger partial charge in [0, 0.05) is 0 Å². The summed E-state index contributed by atoms with van der Waals surface area (Å²) in [6.07, 6.45) is 1.42. The summed E-state index contributed by atoms with van der Waals surface area (Å²) in [4.78, 5) is 50.0. The molecule has 188 valence electrons. The number of benzene rings is 3. The zero-order valence-electron chi connectivity index (χ0n) is 20.0. The lowest BCUT2D eigenvalue weighted by molar-refractivity contribution is -0.122. The van der Waals surface area contributed by atoms with Gasteiger partial charge in [-0.25, -0.2) is 14.5 Å². The number of urea groups is 1. The Morgan fingerprint density at radius 3 is 2.30 bits per heavy atom. The number of hydrogen-bond acceptors (Lipinski definition) is 5. The molecule has 0 radical (unpaired) electrons. The van der Waals surface area contributed by atoms with E-state index in [9.17, 15) is 19.2 Å². The molecule has 4 amide bonds. The summed E-state index contributed by atoms with van der Waals surface area (Å²) in [5, 5.41) is 11.2. The van der Waals surface area contributed by atoms with Crippen molar-refractivity contribution in [3.63, 3.8) is 0 Å². The molecular weight excluding hydrogens is 540 g/mol. The lowest BCUT2D eigenvalue weighted by atomic mass is 10.0. The molecule has 9 heteroatoms. The van der Waals surface area contributed by atoms with Crippen LogP contribution in [0.4, 0.5) is 10.5 Å². The van der Waals surface area contributed by atoms with Crippen molar-refractivity contribution in [3.05, 3.63) is 99.0 Å². The number of carboxylic acids is 1. The minimum atomic E-state index is -0.999. The Kier molecular flexibility index (Phi) is 7.54. The molecule has 8 nitrogen and oxygen atoms in total. The summed E-state index contributed by atoms with van der Waals surface area (Å²) in [6.45, 7) is 4.30. The van der Waals surface area contributed by atoms with Gasteiger partial charge >= 0.3 is 12.0 Å². The molecule has 1 aliphatic heterocycles. The Labute approximate surface area is 221 Å². The number of carbonyl (C=O) groups is 4. The van der Waals surface area contributed by atoms with Crippen LogP contribution < -0.4 is 15.0 Å². The van der Waals surface area contributed by atoms with Crippen LogP contribution in [0.1, 0.15) is 46.8 Å². The van der Waals surface area contributed by atoms with Crippen molar-refractivity contribution in [2.75, 3.05) is 4.90 Å². The highest BCUT2D eigenvalue weighted by atomic mass is 79.9. The molecule has 3 aromatic carbocycles. The van der Waals surface area contributed by atoms with E-state index < -0.39 is 23.8 Å². The number of aromatic carboxylic acids is 1. The second-order valence-electron chi connectivity index (χ2n) is 8.68. The van der Waals surface area contributed by atoms with Crippen molar-refractivity contribution in [3.8, 4) is 5.75 Å². The van der Waals surface area contributed by atoms with E-state index in [1.165, 1.54) is 18.2 Å². The fourth-order valence-electron chi connectivity index (χ4n) is 3.70. The number of amides is 4. The number of imide groups is 2. The number of ether oxygens (including phenoxy) is 1. The quantitative estimate of drug-likeness (QED) is 0.289. The minimum Gasteiger partial charge on any atom is -0.488 e. The molecule has 0 spiro atoms. The van der Waals surface area contributed by atoms with Crippen molar-refractivity contribution < 1.29 is 29.0 Å². The maximum atomic E-state index is 13.2. The number of halogens is 1. The molecule has 2 N–H and O–H groups in total. The number of nitrogens with one attached hydrogen (secondary N) is 1. The summed E-state index contributed by atoms with van der Waals surface area (Å²) >= 11 is 3.44. The van der Waals surface area contributed by atoms with E-state index in [0.717, 1.165) is 16.0 Å². The lowest BCUT2D eigenvalue weighted by Crippen LogP contribution is -2.54. The van der Waals surface area contributed by atoms with Crippen molar-refractivity contribution in [2.45, 2.75) is 26.4 Å². The molecule has 0 bridgehead atoms. The van der Waals surface area contributed by atoms with Gasteiger partial charge in [-0.2, -0.15) is 0 Å². The summed E-state index contributed by atoms with van der Waals surface area (Å²) in [5.41, 5.74) is 2.78. The van der Waals surface area contributed by atoms with Gasteiger partial charge in [-0.1, -0.05) is 44.2 Å². The fraction of sp³-hybridized carbons (Fsp3) is 0.143. The van der Waals surface area contributed by atoms with E-state index in [-0.39, 0.29) is 17.7 Å². The van der Waals surface area contributed by atoms with Crippen LogP contribution in [0.5, 0.6) is 5.75 Å². The molecule has 3 aromatic rings. The third-order valence-electron chi connectivity index (χ3n) is 5.78.